The van der Waals surface area contributed by atoms with Crippen molar-refractivity contribution in [2.24, 2.45) is 5.73 Å². The number of pyridine rings is 2. The van der Waals surface area contributed by atoms with E-state index in [2.05, 4.69) is 43.4 Å². The number of nitrogens with zero attached hydrogens (tertiary/aromatic N) is 5. The Balaban J connectivity index is 1.70. The summed E-state index contributed by atoms with van der Waals surface area (Å²) in [6.45, 7) is 7.57. The molecule has 174 valence electrons. The molecule has 3 N–H and O–H groups in total. The number of aryl methyl sites for hydroxylation is 1. The zero-order valence-corrected chi connectivity index (χ0v) is 19.4. The maximum atomic E-state index is 13.4. The maximum absolute atomic E-state index is 13.4. The Kier molecular flexibility index (Phi) is 5.31. The molecule has 4 rings (SSSR count). The summed E-state index contributed by atoms with van der Waals surface area (Å²) in [5.41, 5.74) is 6.19. The van der Waals surface area contributed by atoms with Crippen LogP contribution in [0.15, 0.2) is 12.3 Å². The van der Waals surface area contributed by atoms with E-state index in [0.29, 0.717) is 11.5 Å². The molecule has 3 aromatic rings. The normalized spacial score (nSPS) is 15.0. The highest BCUT2D eigenvalue weighted by atomic mass is 32.1. The second kappa shape index (κ2) is 7.65. The Morgan fingerprint density at radius 3 is 2.61 bits per heavy atom. The smallest absolute Gasteiger partial charge is 0.372 e. The van der Waals surface area contributed by atoms with E-state index in [1.165, 1.54) is 13.8 Å². The number of carbonyl (C=O) groups excluding carboxylic acids is 1. The van der Waals surface area contributed by atoms with Crippen molar-refractivity contribution < 1.29 is 18.0 Å². The fourth-order valence-corrected chi connectivity index (χ4v) is 4.90. The van der Waals surface area contributed by atoms with Gasteiger partial charge in [-0.25, -0.2) is 4.98 Å². The average molecular weight is 478 g/mol. The van der Waals surface area contributed by atoms with Gasteiger partial charge in [-0.2, -0.15) is 22.5 Å². The van der Waals surface area contributed by atoms with Gasteiger partial charge in [-0.1, -0.05) is 13.8 Å². The number of rotatable bonds is 4. The summed E-state index contributed by atoms with van der Waals surface area (Å²) in [5.74, 6) is -0.765. The van der Waals surface area contributed by atoms with E-state index < -0.39 is 17.6 Å². The molecule has 0 aromatic carbocycles. The van der Waals surface area contributed by atoms with Gasteiger partial charge in [0, 0.05) is 30.5 Å². The molecule has 0 aliphatic carbocycles. The lowest BCUT2D eigenvalue weighted by atomic mass is 9.87. The van der Waals surface area contributed by atoms with E-state index in [-0.39, 0.29) is 33.2 Å². The number of nitrogens with two attached hydrogens (primary N) is 1. The van der Waals surface area contributed by atoms with E-state index in [0.717, 1.165) is 29.3 Å². The van der Waals surface area contributed by atoms with Crippen LogP contribution < -0.4 is 16.0 Å². The van der Waals surface area contributed by atoms with Crippen molar-refractivity contribution in [3.63, 3.8) is 0 Å². The van der Waals surface area contributed by atoms with Crippen LogP contribution in [-0.2, 0) is 11.6 Å². The average Bonchev–Trinajstić information content (AvgIpc) is 3.22. The lowest BCUT2D eigenvalue weighted by Gasteiger charge is -2.18. The van der Waals surface area contributed by atoms with Gasteiger partial charge in [-0.15, -0.1) is 0 Å². The summed E-state index contributed by atoms with van der Waals surface area (Å²) in [4.78, 5) is 26.9. The third-order valence-electron chi connectivity index (χ3n) is 5.69. The van der Waals surface area contributed by atoms with Gasteiger partial charge in [0.1, 0.15) is 11.5 Å². The van der Waals surface area contributed by atoms with Crippen LogP contribution in [0.5, 0.6) is 0 Å². The molecular formula is C21H22F3N7OS. The minimum absolute atomic E-state index is 0.0610. The van der Waals surface area contributed by atoms with Crippen molar-refractivity contribution >= 4 is 34.1 Å². The van der Waals surface area contributed by atoms with Crippen molar-refractivity contribution in [3.05, 3.63) is 40.2 Å². The van der Waals surface area contributed by atoms with Gasteiger partial charge in [-0.3, -0.25) is 9.78 Å². The standard InChI is InChI=1S/C21H22F3N7OS/c1-9-14(16(25)32)18(27-10(2)15(9)21(22,23)24)29-19-28-17(30-33-19)12-6-11-13(7-26-12)31(5)8-20(11,3)4/h6-7H,8H2,1-5H3,(H2,25,32)(H,27,28,29,30). The number of anilines is 3. The molecule has 0 bridgehead atoms. The highest BCUT2D eigenvalue weighted by Gasteiger charge is 2.38. The zero-order chi connectivity index (χ0) is 24.3. The number of hydrogen-bond donors (Lipinski definition) is 2. The first-order valence-corrected chi connectivity index (χ1v) is 10.8. The topological polar surface area (TPSA) is 110 Å². The first-order chi connectivity index (χ1) is 15.3. The van der Waals surface area contributed by atoms with Gasteiger partial charge >= 0.3 is 6.18 Å². The Hall–Kier alpha value is -3.28. The molecule has 0 unspecified atom stereocenters. The number of alkyl halides is 3. The van der Waals surface area contributed by atoms with Crippen LogP contribution in [0.25, 0.3) is 11.5 Å². The zero-order valence-electron chi connectivity index (χ0n) is 18.6. The number of nitrogens with one attached hydrogen (secondary N) is 1. The Bertz CT molecular complexity index is 1270. The summed E-state index contributed by atoms with van der Waals surface area (Å²) >= 11 is 0.978. The van der Waals surface area contributed by atoms with Crippen molar-refractivity contribution in [2.75, 3.05) is 23.8 Å². The van der Waals surface area contributed by atoms with E-state index >= 15 is 0 Å². The molecule has 4 heterocycles. The molecule has 1 aliphatic heterocycles. The summed E-state index contributed by atoms with van der Waals surface area (Å²) in [6, 6.07) is 1.95. The van der Waals surface area contributed by atoms with E-state index in [9.17, 15) is 18.0 Å². The van der Waals surface area contributed by atoms with Crippen LogP contribution >= 0.6 is 11.5 Å². The van der Waals surface area contributed by atoms with Crippen LogP contribution in [0.1, 0.15) is 46.6 Å². The fourth-order valence-electron chi connectivity index (χ4n) is 4.32. The van der Waals surface area contributed by atoms with Gasteiger partial charge < -0.3 is 16.0 Å². The first-order valence-electron chi connectivity index (χ1n) is 10.0. The summed E-state index contributed by atoms with van der Waals surface area (Å²) < 4.78 is 44.6. The van der Waals surface area contributed by atoms with E-state index in [1.54, 1.807) is 6.20 Å². The third-order valence-corrected chi connectivity index (χ3v) is 6.32. The van der Waals surface area contributed by atoms with Crippen molar-refractivity contribution in [3.8, 4) is 11.5 Å². The highest BCUT2D eigenvalue weighted by Crippen LogP contribution is 2.41. The molecule has 1 aliphatic rings. The van der Waals surface area contributed by atoms with Crippen LogP contribution in [0.3, 0.4) is 0 Å². The lowest BCUT2D eigenvalue weighted by molar-refractivity contribution is -0.138. The number of amides is 1. The largest absolute Gasteiger partial charge is 0.418 e. The number of halogens is 3. The number of aromatic nitrogens is 4. The Morgan fingerprint density at radius 2 is 1.97 bits per heavy atom. The van der Waals surface area contributed by atoms with Crippen molar-refractivity contribution in [1.29, 1.82) is 0 Å². The SMILES string of the molecule is Cc1nc(Nc2nc(-c3cc4c(cn3)N(C)CC4(C)C)ns2)c(C(N)=O)c(C)c1C(F)(F)F. The molecule has 0 fully saturated rings. The molecule has 3 aromatic heterocycles. The quantitative estimate of drug-likeness (QED) is 0.579. The molecule has 33 heavy (non-hydrogen) atoms. The maximum Gasteiger partial charge on any atom is 0.418 e. The lowest BCUT2D eigenvalue weighted by Crippen LogP contribution is -2.24. The van der Waals surface area contributed by atoms with Gasteiger partial charge in [0.25, 0.3) is 5.91 Å². The minimum Gasteiger partial charge on any atom is -0.372 e. The van der Waals surface area contributed by atoms with Gasteiger partial charge in [-0.05, 0) is 31.0 Å². The summed E-state index contributed by atoms with van der Waals surface area (Å²) in [6.07, 6.45) is -2.89. The van der Waals surface area contributed by atoms with E-state index in [1.807, 2.05) is 13.1 Å². The first kappa shape index (κ1) is 22.9. The number of likely N-dealkylation sites (N-methyl/N-ethyl adjacent to an activating group) is 1. The van der Waals surface area contributed by atoms with Gasteiger partial charge in [0.05, 0.1) is 28.7 Å². The van der Waals surface area contributed by atoms with E-state index in [4.69, 9.17) is 5.73 Å². The second-order valence-corrected chi connectivity index (χ2v) is 9.41. The Morgan fingerprint density at radius 1 is 1.27 bits per heavy atom. The van der Waals surface area contributed by atoms with Crippen LogP contribution in [0, 0.1) is 13.8 Å². The predicted octanol–water partition coefficient (Wildman–Crippen LogP) is 4.20. The van der Waals surface area contributed by atoms with Crippen LogP contribution in [0.2, 0.25) is 0 Å². The fraction of sp³-hybridized carbons (Fsp3) is 0.381. The minimum atomic E-state index is -4.67. The third kappa shape index (κ3) is 3.99. The predicted molar refractivity (Wildman–Crippen MR) is 120 cm³/mol. The van der Waals surface area contributed by atoms with Crippen molar-refractivity contribution in [2.45, 2.75) is 39.3 Å². The molecule has 1 amide bonds. The molecule has 12 heteroatoms. The molecule has 0 radical (unpaired) electrons. The second-order valence-electron chi connectivity index (χ2n) is 8.66. The molecule has 0 spiro atoms. The molecular weight excluding hydrogens is 455 g/mol. The Labute approximate surface area is 192 Å². The number of hydrogen-bond acceptors (Lipinski definition) is 8. The monoisotopic (exact) mass is 477 g/mol. The van der Waals surface area contributed by atoms with Crippen molar-refractivity contribution in [1.82, 2.24) is 19.3 Å². The summed E-state index contributed by atoms with van der Waals surface area (Å²) in [5, 5.41) is 3.06. The summed E-state index contributed by atoms with van der Waals surface area (Å²) in [7, 11) is 2.01. The molecule has 0 saturated heterocycles. The molecule has 0 atom stereocenters. The van der Waals surface area contributed by atoms with Crippen LogP contribution in [-0.4, -0.2) is 38.8 Å². The number of carbonyl (C=O) groups is 1. The number of primary amides is 1. The molecule has 8 nitrogen and oxygen atoms in total. The van der Waals surface area contributed by atoms with Crippen LogP contribution in [0.4, 0.5) is 29.8 Å². The number of fused-ring (bicyclic) bond motifs is 1. The highest BCUT2D eigenvalue weighted by molar-refractivity contribution is 7.09. The molecule has 0 saturated carbocycles. The van der Waals surface area contributed by atoms with Gasteiger partial charge in [0.2, 0.25) is 5.13 Å². The van der Waals surface area contributed by atoms with Gasteiger partial charge in [0.15, 0.2) is 5.82 Å².